The third-order valence-corrected chi connectivity index (χ3v) is 8.09. The molecule has 0 bridgehead atoms. The van der Waals surface area contributed by atoms with E-state index >= 15 is 0 Å². The first-order valence-electron chi connectivity index (χ1n) is 17.8. The lowest BCUT2D eigenvalue weighted by Gasteiger charge is -2.18. The van der Waals surface area contributed by atoms with Crippen molar-refractivity contribution in [1.82, 2.24) is 4.98 Å². The van der Waals surface area contributed by atoms with E-state index in [1.54, 1.807) is 58.0 Å². The zero-order valence-electron chi connectivity index (χ0n) is 31.5. The second-order valence-corrected chi connectivity index (χ2v) is 11.2. The van der Waals surface area contributed by atoms with Gasteiger partial charge in [0.05, 0.1) is 5.69 Å². The van der Waals surface area contributed by atoms with Crippen LogP contribution in [0.2, 0.25) is 0 Å². The predicted molar refractivity (Wildman–Crippen MR) is 175 cm³/mol. The molecule has 2 aromatic heterocycles. The van der Waals surface area contributed by atoms with Crippen LogP contribution in [0.4, 0.5) is 0 Å². The summed E-state index contributed by atoms with van der Waals surface area (Å²) in [6.45, 7) is 2.07. The Morgan fingerprint density at radius 3 is 2.29 bits per heavy atom. The van der Waals surface area contributed by atoms with Gasteiger partial charge in [-0.1, -0.05) is 88.4 Å². The second-order valence-electron chi connectivity index (χ2n) is 11.2. The Hall–Kier alpha value is -4.43. The number of fused-ring (bicyclic) bond motifs is 6. The summed E-state index contributed by atoms with van der Waals surface area (Å²) < 4.78 is 74.4. The van der Waals surface area contributed by atoms with Gasteiger partial charge < -0.3 is 4.42 Å². The summed E-state index contributed by atoms with van der Waals surface area (Å²) in [5.41, 5.74) is 4.20. The number of aryl methyl sites for hydroxylation is 2. The van der Waals surface area contributed by atoms with Crippen LogP contribution in [0.15, 0.2) is 95.5 Å². The molecule has 0 aliphatic rings. The molecule has 0 amide bonds. The minimum absolute atomic E-state index is 0.0257. The number of aromatic nitrogens is 1. The van der Waals surface area contributed by atoms with Crippen LogP contribution < -0.4 is 0 Å². The van der Waals surface area contributed by atoms with E-state index in [1.165, 1.54) is 6.20 Å². The fraction of sp³-hybridized carbons (Fsp3) is 0.205. The molecule has 41 heavy (non-hydrogen) atoms. The predicted octanol–water partition coefficient (Wildman–Crippen LogP) is 11.5. The highest BCUT2D eigenvalue weighted by atomic mass is 16.3. The van der Waals surface area contributed by atoms with E-state index in [9.17, 15) is 0 Å². The summed E-state index contributed by atoms with van der Waals surface area (Å²) in [4.78, 5) is 4.62. The molecular formula is C39H35NO. The van der Waals surface area contributed by atoms with E-state index in [1.807, 2.05) is 54.6 Å². The van der Waals surface area contributed by atoms with Gasteiger partial charge in [0.1, 0.15) is 11.2 Å². The van der Waals surface area contributed by atoms with Crippen LogP contribution in [-0.4, -0.2) is 4.98 Å². The maximum Gasteiger partial charge on any atom is 0.145 e. The monoisotopic (exact) mass is 541 g/mol. The maximum atomic E-state index is 8.99. The minimum atomic E-state index is -2.51. The Morgan fingerprint density at radius 1 is 0.683 bits per heavy atom. The Labute approximate surface area is 252 Å². The largest absolute Gasteiger partial charge is 0.455 e. The first-order chi connectivity index (χ1) is 22.8. The van der Waals surface area contributed by atoms with Crippen LogP contribution in [0.25, 0.3) is 65.9 Å². The minimum Gasteiger partial charge on any atom is -0.455 e. The second kappa shape index (κ2) is 9.59. The highest BCUT2D eigenvalue weighted by Gasteiger charge is 2.19. The molecular weight excluding hydrogens is 498 g/mol. The molecule has 0 unspecified atom stereocenters. The molecule has 0 aliphatic carbocycles. The summed E-state index contributed by atoms with van der Waals surface area (Å²) in [6.07, 6.45) is 1.34. The van der Waals surface area contributed by atoms with Crippen LogP contribution in [0.1, 0.15) is 72.7 Å². The van der Waals surface area contributed by atoms with Crippen LogP contribution in [0.5, 0.6) is 0 Å². The number of pyridine rings is 1. The van der Waals surface area contributed by atoms with Gasteiger partial charge in [-0.2, -0.15) is 0 Å². The van der Waals surface area contributed by atoms with Crippen molar-refractivity contribution in [3.8, 4) is 22.4 Å². The first-order valence-corrected chi connectivity index (χ1v) is 13.8. The third kappa shape index (κ3) is 4.13. The molecule has 2 heterocycles. The average molecular weight is 542 g/mol. The average Bonchev–Trinajstić information content (AvgIpc) is 3.39. The SMILES string of the molecule is [2H]C([2H])([2H])c1cnc(-c2ccc(C([2H])([2H])[2H])c3c2oc2cc4c(ccc5ccccc54)cc23)cc1-c1ccc(C([2H])(C)C)cc1C([2H])(C)C. The zero-order chi connectivity index (χ0) is 35.3. The molecule has 7 rings (SSSR count). The number of nitrogens with zero attached hydrogens (tertiary/aromatic N) is 1. The van der Waals surface area contributed by atoms with Crippen molar-refractivity contribution in [1.29, 1.82) is 0 Å². The van der Waals surface area contributed by atoms with Gasteiger partial charge in [0.15, 0.2) is 0 Å². The van der Waals surface area contributed by atoms with Gasteiger partial charge in [-0.3, -0.25) is 4.98 Å². The van der Waals surface area contributed by atoms with Gasteiger partial charge in [-0.05, 0) is 105 Å². The molecule has 202 valence electrons. The summed E-state index contributed by atoms with van der Waals surface area (Å²) >= 11 is 0. The molecule has 0 atom stereocenters. The standard InChI is InChI=1S/C39H35NO/c1-22(2)27-14-16-30(32(17-27)23(3)4)33-19-36(40-21-25(33)6)31-15-11-24(5)38-35-18-28-13-12-26-9-7-8-10-29(26)34(28)20-37(35)41-39(31)38/h7-23H,1-6H3/i5D3,6D3,22D,23D. The Bertz CT molecular complexity index is 2440. The topological polar surface area (TPSA) is 26.0 Å². The lowest BCUT2D eigenvalue weighted by molar-refractivity contribution is 0.670. The highest BCUT2D eigenvalue weighted by molar-refractivity contribution is 6.18. The van der Waals surface area contributed by atoms with Crippen molar-refractivity contribution in [2.24, 2.45) is 0 Å². The summed E-state index contributed by atoms with van der Waals surface area (Å²) in [5, 5.41) is 5.18. The van der Waals surface area contributed by atoms with Crippen LogP contribution in [0, 0.1) is 13.7 Å². The third-order valence-electron chi connectivity index (χ3n) is 8.09. The van der Waals surface area contributed by atoms with Crippen LogP contribution in [0.3, 0.4) is 0 Å². The smallest absolute Gasteiger partial charge is 0.145 e. The number of hydrogen-bond acceptors (Lipinski definition) is 2. The highest BCUT2D eigenvalue weighted by Crippen LogP contribution is 2.41. The van der Waals surface area contributed by atoms with Gasteiger partial charge in [-0.15, -0.1) is 0 Å². The Morgan fingerprint density at radius 2 is 1.49 bits per heavy atom. The quantitative estimate of drug-likeness (QED) is 0.207. The van der Waals surface area contributed by atoms with Gasteiger partial charge in [-0.25, -0.2) is 0 Å². The van der Waals surface area contributed by atoms with Crippen LogP contribution >= 0.6 is 0 Å². The van der Waals surface area contributed by atoms with Crippen molar-refractivity contribution in [2.75, 3.05) is 0 Å². The van der Waals surface area contributed by atoms with Crippen LogP contribution in [-0.2, 0) is 0 Å². The number of rotatable bonds is 4. The van der Waals surface area contributed by atoms with Gasteiger partial charge >= 0.3 is 0 Å². The van der Waals surface area contributed by atoms with Gasteiger partial charge in [0.25, 0.3) is 0 Å². The lowest BCUT2D eigenvalue weighted by Crippen LogP contribution is -1.99. The van der Waals surface area contributed by atoms with Crippen molar-refractivity contribution in [2.45, 2.75) is 53.2 Å². The first kappa shape index (κ1) is 18.1. The molecule has 0 saturated carbocycles. The zero-order valence-corrected chi connectivity index (χ0v) is 23.5. The number of hydrogen-bond donors (Lipinski definition) is 0. The molecule has 0 radical (unpaired) electrons. The molecule has 0 aliphatic heterocycles. The van der Waals surface area contributed by atoms with E-state index in [2.05, 4.69) is 4.98 Å². The molecule has 7 aromatic rings. The summed E-state index contributed by atoms with van der Waals surface area (Å²) in [5.74, 6) is -2.05. The fourth-order valence-electron chi connectivity index (χ4n) is 5.91. The molecule has 0 spiro atoms. The number of furan rings is 1. The normalized spacial score (nSPS) is 16.1. The van der Waals surface area contributed by atoms with Gasteiger partial charge in [0, 0.05) is 33.5 Å². The van der Waals surface area contributed by atoms with Gasteiger partial charge in [0.2, 0.25) is 0 Å². The van der Waals surface area contributed by atoms with E-state index < -0.39 is 25.5 Å². The molecule has 2 nitrogen and oxygen atoms in total. The van der Waals surface area contributed by atoms with Crippen molar-refractivity contribution >= 4 is 43.5 Å². The summed E-state index contributed by atoms with van der Waals surface area (Å²) in [6, 6.07) is 26.4. The molecule has 2 heteroatoms. The van der Waals surface area contributed by atoms with Crippen molar-refractivity contribution in [3.05, 3.63) is 113 Å². The molecule has 0 fully saturated rings. The van der Waals surface area contributed by atoms with E-state index in [4.69, 9.17) is 15.4 Å². The Kier molecular flexibility index (Phi) is 4.23. The lowest BCUT2D eigenvalue weighted by atomic mass is 9.87. The van der Waals surface area contributed by atoms with Crippen molar-refractivity contribution in [3.63, 3.8) is 0 Å². The maximum absolute atomic E-state index is 8.99. The van der Waals surface area contributed by atoms with E-state index in [-0.39, 0.29) is 11.1 Å². The molecule has 5 aromatic carbocycles. The fourth-order valence-corrected chi connectivity index (χ4v) is 5.91. The molecule has 0 N–H and O–H groups in total. The summed E-state index contributed by atoms with van der Waals surface area (Å²) in [7, 11) is 0. The number of benzene rings is 5. The Balaban J connectivity index is 1.54. The van der Waals surface area contributed by atoms with Crippen molar-refractivity contribution < 1.29 is 15.4 Å². The van der Waals surface area contributed by atoms with E-state index in [0.29, 0.717) is 55.4 Å². The van der Waals surface area contributed by atoms with E-state index in [0.717, 1.165) is 21.5 Å². The molecule has 0 saturated heterocycles.